The average molecular weight is 658 g/mol. The molecule has 248 valence electrons. The van der Waals surface area contributed by atoms with Crippen molar-refractivity contribution in [3.63, 3.8) is 0 Å². The number of halogens is 7. The van der Waals surface area contributed by atoms with Crippen LogP contribution in [0.25, 0.3) is 0 Å². The first-order valence-electron chi connectivity index (χ1n) is 14.1. The van der Waals surface area contributed by atoms with Gasteiger partial charge in [-0.25, -0.2) is 14.2 Å². The highest BCUT2D eigenvalue weighted by Gasteiger charge is 2.49. The minimum Gasteiger partial charge on any atom is -0.445 e. The Morgan fingerprint density at radius 1 is 1.00 bits per heavy atom. The fraction of sp³-hybridized carbons (Fsp3) is 0.400. The Morgan fingerprint density at radius 2 is 1.63 bits per heavy atom. The molecule has 0 aromatic heterocycles. The van der Waals surface area contributed by atoms with Crippen molar-refractivity contribution in [1.82, 2.24) is 14.7 Å². The summed E-state index contributed by atoms with van der Waals surface area (Å²) in [6.07, 6.45) is -10.9. The molecule has 16 heteroatoms. The quantitative estimate of drug-likeness (QED) is 0.294. The lowest BCUT2D eigenvalue weighted by molar-refractivity contribution is -0.139. The van der Waals surface area contributed by atoms with Gasteiger partial charge in [0.1, 0.15) is 12.4 Å². The molecule has 0 saturated carbocycles. The Bertz CT molecular complexity index is 1500. The Morgan fingerprint density at radius 3 is 2.22 bits per heavy atom. The van der Waals surface area contributed by atoms with Gasteiger partial charge in [0, 0.05) is 32.6 Å². The van der Waals surface area contributed by atoms with E-state index in [9.17, 15) is 45.1 Å². The van der Waals surface area contributed by atoms with Crippen LogP contribution in [0.3, 0.4) is 0 Å². The molecule has 3 amide bonds. The maximum atomic E-state index is 14.0. The zero-order chi connectivity index (χ0) is 33.9. The van der Waals surface area contributed by atoms with E-state index in [1.807, 2.05) is 0 Å². The number of amides is 3. The molecule has 1 saturated heterocycles. The van der Waals surface area contributed by atoms with Gasteiger partial charge in [-0.3, -0.25) is 14.5 Å². The third-order valence-electron chi connectivity index (χ3n) is 7.61. The Hall–Kier alpha value is -4.63. The van der Waals surface area contributed by atoms with Gasteiger partial charge in [-0.05, 0) is 48.2 Å². The Kier molecular flexibility index (Phi) is 9.97. The lowest BCUT2D eigenvalue weighted by Crippen LogP contribution is -2.51. The molecule has 0 spiro atoms. The molecule has 0 bridgehead atoms. The summed E-state index contributed by atoms with van der Waals surface area (Å²) in [6, 6.07) is 7.15. The van der Waals surface area contributed by atoms with Gasteiger partial charge in [0.25, 0.3) is 11.8 Å². The van der Waals surface area contributed by atoms with Gasteiger partial charge in [-0.15, -0.1) is 0 Å². The monoisotopic (exact) mass is 657 g/mol. The topological polar surface area (TPSA) is 109 Å². The number of carbonyl (C=O) groups is 3. The van der Waals surface area contributed by atoms with Crippen molar-refractivity contribution in [2.75, 3.05) is 32.8 Å². The highest BCUT2D eigenvalue weighted by atomic mass is 19.4. The maximum Gasteiger partial charge on any atom is 0.417 e. The smallest absolute Gasteiger partial charge is 0.417 e. The number of rotatable bonds is 9. The normalized spacial score (nSPS) is 18.9. The van der Waals surface area contributed by atoms with Crippen LogP contribution in [-0.4, -0.2) is 77.5 Å². The van der Waals surface area contributed by atoms with Crippen molar-refractivity contribution in [2.24, 2.45) is 10.7 Å². The van der Waals surface area contributed by atoms with Crippen LogP contribution in [0.2, 0.25) is 0 Å². The second-order valence-electron chi connectivity index (χ2n) is 10.7. The molecule has 0 unspecified atom stereocenters. The summed E-state index contributed by atoms with van der Waals surface area (Å²) in [5.74, 6) is -2.89. The number of aliphatic imine (C=N–C) groups is 1. The first-order chi connectivity index (χ1) is 21.6. The summed E-state index contributed by atoms with van der Waals surface area (Å²) in [5, 5.41) is 0. The van der Waals surface area contributed by atoms with Gasteiger partial charge < -0.3 is 20.3 Å². The van der Waals surface area contributed by atoms with Crippen LogP contribution < -0.4 is 5.73 Å². The summed E-state index contributed by atoms with van der Waals surface area (Å²) >= 11 is 0. The van der Waals surface area contributed by atoms with Crippen molar-refractivity contribution >= 4 is 23.9 Å². The van der Waals surface area contributed by atoms with Gasteiger partial charge in [-0.2, -0.15) is 26.3 Å². The van der Waals surface area contributed by atoms with E-state index >= 15 is 0 Å². The van der Waals surface area contributed by atoms with Crippen LogP contribution in [0.1, 0.15) is 46.3 Å². The third-order valence-corrected chi connectivity index (χ3v) is 7.61. The number of alkyl halides is 6. The van der Waals surface area contributed by atoms with Gasteiger partial charge in [-0.1, -0.05) is 30.9 Å². The minimum atomic E-state index is -4.92. The number of nitrogens with two attached hydrogens (primary N) is 1. The Balaban J connectivity index is 1.59. The van der Waals surface area contributed by atoms with Gasteiger partial charge in [0.05, 0.1) is 17.7 Å². The second-order valence-corrected chi connectivity index (χ2v) is 10.7. The number of hydrogen-bond acceptors (Lipinski definition) is 6. The number of nitrogens with zero attached hydrogens (tertiary/aromatic N) is 4. The van der Waals surface area contributed by atoms with Crippen molar-refractivity contribution in [1.29, 1.82) is 0 Å². The van der Waals surface area contributed by atoms with Crippen LogP contribution in [-0.2, 0) is 27.8 Å². The van der Waals surface area contributed by atoms with Crippen molar-refractivity contribution < 1.29 is 49.9 Å². The predicted octanol–water partition coefficient (Wildman–Crippen LogP) is 5.21. The molecule has 2 aliphatic rings. The van der Waals surface area contributed by atoms with E-state index in [0.29, 0.717) is 6.07 Å². The minimum absolute atomic E-state index is 0.0117. The maximum absolute atomic E-state index is 14.0. The molecule has 4 rings (SSSR count). The van der Waals surface area contributed by atoms with E-state index < -0.39 is 84.5 Å². The molecule has 1 atom stereocenters. The first-order valence-corrected chi connectivity index (χ1v) is 14.1. The fourth-order valence-corrected chi connectivity index (χ4v) is 5.33. The van der Waals surface area contributed by atoms with Crippen LogP contribution in [0, 0.1) is 5.82 Å². The van der Waals surface area contributed by atoms with Crippen LogP contribution in [0.4, 0.5) is 35.5 Å². The van der Waals surface area contributed by atoms with Crippen LogP contribution in [0.15, 0.2) is 60.1 Å². The molecular formula is C30H30F7N5O4. The number of carbonyl (C=O) groups excluding carboxylic acids is 3. The van der Waals surface area contributed by atoms with Gasteiger partial charge in [0.2, 0.25) is 0 Å². The van der Waals surface area contributed by atoms with E-state index in [0.717, 1.165) is 34.1 Å². The molecular weight excluding hydrogens is 627 g/mol. The fourth-order valence-electron chi connectivity index (χ4n) is 5.33. The molecule has 46 heavy (non-hydrogen) atoms. The lowest BCUT2D eigenvalue weighted by atomic mass is 9.84. The van der Waals surface area contributed by atoms with Crippen LogP contribution >= 0.6 is 0 Å². The van der Waals surface area contributed by atoms with Crippen molar-refractivity contribution in [3.8, 4) is 0 Å². The second kappa shape index (κ2) is 13.4. The van der Waals surface area contributed by atoms with Crippen molar-refractivity contribution in [3.05, 3.63) is 83.2 Å². The number of hydrogen-bond donors (Lipinski definition) is 1. The lowest BCUT2D eigenvalue weighted by Gasteiger charge is -2.34. The van der Waals surface area contributed by atoms with E-state index in [1.54, 1.807) is 0 Å². The summed E-state index contributed by atoms with van der Waals surface area (Å²) in [4.78, 5) is 46.8. The average Bonchev–Trinajstić information content (AvgIpc) is 3.23. The molecule has 2 aliphatic heterocycles. The molecule has 9 nitrogen and oxygen atoms in total. The van der Waals surface area contributed by atoms with Gasteiger partial charge in [0.15, 0.2) is 11.5 Å². The first kappa shape index (κ1) is 34.2. The molecule has 2 aromatic rings. The standard InChI is InChI=1S/C30H30F7N5O4/c1-2-16-46-27(45)41-14-12-40(13-15-41)24(43)22-17-19(4-9-23(22)30(35,36)37)18-42-25(44)28(39-26(42)38,10-3-11-29(32,33)34)20-5-7-21(31)8-6-20/h2,4-9,17H,1,3,10-16,18H2,(H2,38,39)/t28-/m1/s1. The van der Waals surface area contributed by atoms with E-state index in [4.69, 9.17) is 10.5 Å². The molecule has 2 aromatic carbocycles. The molecule has 2 N–H and O–H groups in total. The third kappa shape index (κ3) is 7.59. The van der Waals surface area contributed by atoms with Gasteiger partial charge >= 0.3 is 18.4 Å². The summed E-state index contributed by atoms with van der Waals surface area (Å²) in [5.41, 5.74) is 2.34. The summed E-state index contributed by atoms with van der Waals surface area (Å²) < 4.78 is 99.4. The molecule has 0 aliphatic carbocycles. The SMILES string of the molecule is C=CCOC(=O)N1CCN(C(=O)c2cc(CN3C(=O)[C@@](CCCC(F)(F)F)(c4ccc(F)cc4)N=C3N)ccc2C(F)(F)F)CC1. The zero-order valence-electron chi connectivity index (χ0n) is 24.3. The molecule has 0 radical (unpaired) electrons. The number of piperazine rings is 1. The zero-order valence-corrected chi connectivity index (χ0v) is 24.3. The van der Waals surface area contributed by atoms with Crippen LogP contribution in [0.5, 0.6) is 0 Å². The highest BCUT2D eigenvalue weighted by Crippen LogP contribution is 2.40. The number of benzene rings is 2. The predicted molar refractivity (Wildman–Crippen MR) is 151 cm³/mol. The van der Waals surface area contributed by atoms with E-state index in [1.165, 1.54) is 23.1 Å². The van der Waals surface area contributed by atoms with E-state index in [-0.39, 0.29) is 43.9 Å². The number of ether oxygens (including phenoxy) is 1. The summed E-state index contributed by atoms with van der Waals surface area (Å²) in [6.45, 7) is 2.81. The molecule has 2 heterocycles. The molecule has 1 fully saturated rings. The highest BCUT2D eigenvalue weighted by molar-refractivity contribution is 6.07. The largest absolute Gasteiger partial charge is 0.445 e. The number of guanidine groups is 1. The van der Waals surface area contributed by atoms with Crippen molar-refractivity contribution in [2.45, 2.75) is 43.7 Å². The summed E-state index contributed by atoms with van der Waals surface area (Å²) in [7, 11) is 0. The Labute approximate surface area is 259 Å². The van der Waals surface area contributed by atoms with E-state index in [2.05, 4.69) is 11.6 Å².